The molecule has 0 bridgehead atoms. The molecule has 1 N–H and O–H groups in total. The first-order chi connectivity index (χ1) is 9.52. The number of phenols is 1. The van der Waals surface area contributed by atoms with Crippen LogP contribution in [0.25, 0.3) is 0 Å². The van der Waals surface area contributed by atoms with Gasteiger partial charge in [-0.1, -0.05) is 11.6 Å². The van der Waals surface area contributed by atoms with Crippen molar-refractivity contribution in [3.8, 4) is 11.8 Å². The fourth-order valence-electron chi connectivity index (χ4n) is 1.74. The summed E-state index contributed by atoms with van der Waals surface area (Å²) in [7, 11) is 1.59. The first kappa shape index (κ1) is 13.9. The van der Waals surface area contributed by atoms with Crippen molar-refractivity contribution in [1.29, 1.82) is 5.26 Å². The van der Waals surface area contributed by atoms with E-state index in [1.54, 1.807) is 31.3 Å². The molecule has 5 heteroatoms. The fourth-order valence-corrected chi connectivity index (χ4v) is 1.91. The Morgan fingerprint density at radius 1 is 1.25 bits per heavy atom. The zero-order valence-corrected chi connectivity index (χ0v) is 11.4. The number of hydrogen-bond acceptors (Lipinski definition) is 3. The zero-order chi connectivity index (χ0) is 14.7. The van der Waals surface area contributed by atoms with E-state index in [1.165, 1.54) is 23.1 Å². The SMILES string of the molecule is CN(C(=O)c1cc(Cl)ccc1O)c1ccc(C#N)cc1. The van der Waals surface area contributed by atoms with E-state index in [0.717, 1.165) is 0 Å². The van der Waals surface area contributed by atoms with Gasteiger partial charge < -0.3 is 10.0 Å². The second-order valence-electron chi connectivity index (χ2n) is 4.18. The molecule has 0 fully saturated rings. The number of phenolic OH excluding ortho intramolecular Hbond substituents is 1. The number of aromatic hydroxyl groups is 1. The van der Waals surface area contributed by atoms with E-state index in [9.17, 15) is 9.90 Å². The number of hydrogen-bond donors (Lipinski definition) is 1. The molecule has 2 aromatic carbocycles. The Balaban J connectivity index is 2.32. The van der Waals surface area contributed by atoms with Crippen molar-refractivity contribution in [3.05, 3.63) is 58.6 Å². The zero-order valence-electron chi connectivity index (χ0n) is 10.7. The van der Waals surface area contributed by atoms with Crippen molar-refractivity contribution in [2.45, 2.75) is 0 Å². The average molecular weight is 287 g/mol. The lowest BCUT2D eigenvalue weighted by Crippen LogP contribution is -2.26. The second-order valence-corrected chi connectivity index (χ2v) is 4.62. The predicted octanol–water partition coefficient (Wildman–Crippen LogP) is 3.19. The Hall–Kier alpha value is -2.51. The molecular weight excluding hydrogens is 276 g/mol. The molecule has 0 saturated carbocycles. The van der Waals surface area contributed by atoms with Crippen molar-refractivity contribution < 1.29 is 9.90 Å². The molecule has 0 saturated heterocycles. The number of benzene rings is 2. The molecule has 0 aliphatic carbocycles. The lowest BCUT2D eigenvalue weighted by atomic mass is 10.1. The largest absolute Gasteiger partial charge is 0.507 e. The number of rotatable bonds is 2. The van der Waals surface area contributed by atoms with Crippen molar-refractivity contribution in [3.63, 3.8) is 0 Å². The van der Waals surface area contributed by atoms with Gasteiger partial charge in [0, 0.05) is 17.8 Å². The molecule has 0 unspecified atom stereocenters. The van der Waals surface area contributed by atoms with Gasteiger partial charge in [0.05, 0.1) is 17.2 Å². The Bertz CT molecular complexity index is 690. The van der Waals surface area contributed by atoms with Crippen molar-refractivity contribution >= 4 is 23.2 Å². The summed E-state index contributed by atoms with van der Waals surface area (Å²) in [6, 6.07) is 12.9. The summed E-state index contributed by atoms with van der Waals surface area (Å²) in [5.41, 5.74) is 1.26. The average Bonchev–Trinajstić information content (AvgIpc) is 2.48. The number of nitrogens with zero attached hydrogens (tertiary/aromatic N) is 2. The van der Waals surface area contributed by atoms with Gasteiger partial charge in [-0.3, -0.25) is 4.79 Å². The van der Waals surface area contributed by atoms with Crippen molar-refractivity contribution in [1.82, 2.24) is 0 Å². The van der Waals surface area contributed by atoms with E-state index in [1.807, 2.05) is 6.07 Å². The molecule has 0 aliphatic heterocycles. The first-order valence-corrected chi connectivity index (χ1v) is 6.17. The third-order valence-electron chi connectivity index (χ3n) is 2.88. The Kier molecular flexibility index (Phi) is 3.92. The molecule has 0 heterocycles. The fraction of sp³-hybridized carbons (Fsp3) is 0.0667. The summed E-state index contributed by atoms with van der Waals surface area (Å²) in [4.78, 5) is 13.7. The van der Waals surface area contributed by atoms with Gasteiger partial charge in [-0.2, -0.15) is 5.26 Å². The predicted molar refractivity (Wildman–Crippen MR) is 77.0 cm³/mol. The highest BCUT2D eigenvalue weighted by molar-refractivity contribution is 6.31. The Morgan fingerprint density at radius 3 is 2.50 bits per heavy atom. The molecule has 0 radical (unpaired) electrons. The minimum atomic E-state index is -0.380. The number of amides is 1. The minimum Gasteiger partial charge on any atom is -0.507 e. The highest BCUT2D eigenvalue weighted by Gasteiger charge is 2.17. The Morgan fingerprint density at radius 2 is 1.90 bits per heavy atom. The molecule has 20 heavy (non-hydrogen) atoms. The third-order valence-corrected chi connectivity index (χ3v) is 3.11. The van der Waals surface area contributed by atoms with Gasteiger partial charge >= 0.3 is 0 Å². The number of halogens is 1. The molecule has 1 amide bonds. The number of anilines is 1. The highest BCUT2D eigenvalue weighted by atomic mass is 35.5. The van der Waals surface area contributed by atoms with Gasteiger partial charge in [0.1, 0.15) is 5.75 Å². The summed E-state index contributed by atoms with van der Waals surface area (Å²) < 4.78 is 0. The van der Waals surface area contributed by atoms with Crippen LogP contribution in [0.2, 0.25) is 5.02 Å². The van der Waals surface area contributed by atoms with Gasteiger partial charge in [0.15, 0.2) is 0 Å². The molecule has 2 rings (SSSR count). The number of carbonyl (C=O) groups excluding carboxylic acids is 1. The summed E-state index contributed by atoms with van der Waals surface area (Å²) in [6.45, 7) is 0. The molecule has 0 aromatic heterocycles. The minimum absolute atomic E-state index is 0.125. The normalized spacial score (nSPS) is 9.85. The summed E-state index contributed by atoms with van der Waals surface area (Å²) in [5, 5.41) is 18.9. The van der Waals surface area contributed by atoms with Gasteiger partial charge in [-0.25, -0.2) is 0 Å². The maximum atomic E-state index is 12.3. The van der Waals surface area contributed by atoms with Crippen LogP contribution in [0.5, 0.6) is 5.75 Å². The standard InChI is InChI=1S/C15H11ClN2O2/c1-18(12-5-2-10(9-17)3-6-12)15(20)13-8-11(16)4-7-14(13)19/h2-8,19H,1H3. The third kappa shape index (κ3) is 2.73. The van der Waals surface area contributed by atoms with E-state index >= 15 is 0 Å². The van der Waals surface area contributed by atoms with E-state index in [0.29, 0.717) is 16.3 Å². The van der Waals surface area contributed by atoms with Crippen LogP contribution in [0.4, 0.5) is 5.69 Å². The van der Waals surface area contributed by atoms with Gasteiger partial charge in [0.2, 0.25) is 0 Å². The van der Waals surface area contributed by atoms with Crippen LogP contribution in [-0.2, 0) is 0 Å². The van der Waals surface area contributed by atoms with Crippen LogP contribution in [0.15, 0.2) is 42.5 Å². The molecule has 0 aliphatic rings. The summed E-state index contributed by atoms with van der Waals surface area (Å²) in [5.74, 6) is -0.505. The molecule has 0 spiro atoms. The lowest BCUT2D eigenvalue weighted by molar-refractivity contribution is 0.0990. The molecule has 2 aromatic rings. The van der Waals surface area contributed by atoms with Crippen molar-refractivity contribution in [2.24, 2.45) is 0 Å². The van der Waals surface area contributed by atoms with Crippen LogP contribution < -0.4 is 4.90 Å². The maximum Gasteiger partial charge on any atom is 0.261 e. The van der Waals surface area contributed by atoms with Crippen LogP contribution in [0.1, 0.15) is 15.9 Å². The van der Waals surface area contributed by atoms with Crippen LogP contribution in [0, 0.1) is 11.3 Å². The lowest BCUT2D eigenvalue weighted by Gasteiger charge is -2.18. The van der Waals surface area contributed by atoms with Crippen LogP contribution >= 0.6 is 11.6 Å². The number of carbonyl (C=O) groups is 1. The van der Waals surface area contributed by atoms with Crippen LogP contribution in [-0.4, -0.2) is 18.1 Å². The Labute approximate surface area is 121 Å². The van der Waals surface area contributed by atoms with E-state index < -0.39 is 0 Å². The molecule has 0 atom stereocenters. The van der Waals surface area contributed by atoms with E-state index in [-0.39, 0.29) is 17.2 Å². The summed E-state index contributed by atoms with van der Waals surface area (Å²) >= 11 is 5.83. The quantitative estimate of drug-likeness (QED) is 0.922. The molecule has 100 valence electrons. The number of nitriles is 1. The van der Waals surface area contributed by atoms with Gasteiger partial charge in [0.25, 0.3) is 5.91 Å². The van der Waals surface area contributed by atoms with Gasteiger partial charge in [-0.15, -0.1) is 0 Å². The maximum absolute atomic E-state index is 12.3. The van der Waals surface area contributed by atoms with E-state index in [4.69, 9.17) is 16.9 Å². The smallest absolute Gasteiger partial charge is 0.261 e. The molecule has 4 nitrogen and oxygen atoms in total. The first-order valence-electron chi connectivity index (χ1n) is 5.79. The molecular formula is C15H11ClN2O2. The van der Waals surface area contributed by atoms with Crippen LogP contribution in [0.3, 0.4) is 0 Å². The van der Waals surface area contributed by atoms with Crippen molar-refractivity contribution in [2.75, 3.05) is 11.9 Å². The highest BCUT2D eigenvalue weighted by Crippen LogP contribution is 2.24. The van der Waals surface area contributed by atoms with Gasteiger partial charge in [-0.05, 0) is 42.5 Å². The monoisotopic (exact) mass is 286 g/mol. The van der Waals surface area contributed by atoms with E-state index in [2.05, 4.69) is 0 Å². The summed E-state index contributed by atoms with van der Waals surface area (Å²) in [6.07, 6.45) is 0. The topological polar surface area (TPSA) is 64.3 Å². The second kappa shape index (κ2) is 5.64.